The fourth-order valence-corrected chi connectivity index (χ4v) is 3.52. The zero-order valence-electron chi connectivity index (χ0n) is 15.6. The molecule has 0 spiro atoms. The van der Waals surface area contributed by atoms with Gasteiger partial charge in [0.25, 0.3) is 0 Å². The average Bonchev–Trinajstić information content (AvgIpc) is 3.17. The summed E-state index contributed by atoms with van der Waals surface area (Å²) in [5, 5.41) is 3.95. The van der Waals surface area contributed by atoms with E-state index in [2.05, 4.69) is 10.1 Å². The summed E-state index contributed by atoms with van der Waals surface area (Å²) in [6.07, 6.45) is 2.38. The van der Waals surface area contributed by atoms with E-state index in [1.165, 1.54) is 6.07 Å². The third-order valence-corrected chi connectivity index (χ3v) is 5.02. The van der Waals surface area contributed by atoms with E-state index in [1.54, 1.807) is 24.0 Å². The van der Waals surface area contributed by atoms with E-state index in [-0.39, 0.29) is 18.1 Å². The van der Waals surface area contributed by atoms with Crippen molar-refractivity contribution in [1.82, 2.24) is 10.1 Å². The Bertz CT molecular complexity index is 1030. The Kier molecular flexibility index (Phi) is 4.81. The van der Waals surface area contributed by atoms with Crippen LogP contribution < -0.4 is 10.6 Å². The van der Waals surface area contributed by atoms with E-state index in [0.717, 1.165) is 29.8 Å². The van der Waals surface area contributed by atoms with Crippen molar-refractivity contribution in [1.29, 1.82) is 0 Å². The molecule has 1 aliphatic rings. The fraction of sp³-hybridized carbons (Fsp3) is 0.286. The molecule has 4 rings (SSSR count). The van der Waals surface area contributed by atoms with E-state index in [0.29, 0.717) is 35.8 Å². The number of aryl methyl sites for hydroxylation is 2. The lowest BCUT2D eigenvalue weighted by atomic mass is 9.99. The highest BCUT2D eigenvalue weighted by atomic mass is 19.1. The first kappa shape index (κ1) is 18.2. The van der Waals surface area contributed by atoms with Crippen LogP contribution >= 0.6 is 0 Å². The third-order valence-electron chi connectivity index (χ3n) is 5.02. The van der Waals surface area contributed by atoms with Crippen molar-refractivity contribution < 1.29 is 13.7 Å². The van der Waals surface area contributed by atoms with Crippen molar-refractivity contribution in [2.75, 3.05) is 17.2 Å². The maximum Gasteiger partial charge on any atom is 0.227 e. The van der Waals surface area contributed by atoms with Crippen molar-refractivity contribution >= 4 is 17.3 Å². The molecule has 2 heterocycles. The Morgan fingerprint density at radius 3 is 3.00 bits per heavy atom. The van der Waals surface area contributed by atoms with Crippen molar-refractivity contribution in [2.24, 2.45) is 0 Å². The molecule has 0 saturated carbocycles. The van der Waals surface area contributed by atoms with E-state index >= 15 is 0 Å². The second-order valence-corrected chi connectivity index (χ2v) is 6.97. The van der Waals surface area contributed by atoms with Crippen LogP contribution in [0.15, 0.2) is 40.9 Å². The Morgan fingerprint density at radius 1 is 1.32 bits per heavy atom. The molecule has 7 heteroatoms. The second-order valence-electron chi connectivity index (χ2n) is 6.97. The van der Waals surface area contributed by atoms with Crippen LogP contribution in [0.3, 0.4) is 0 Å². The summed E-state index contributed by atoms with van der Waals surface area (Å²) in [7, 11) is 0. The molecule has 0 atom stereocenters. The van der Waals surface area contributed by atoms with Gasteiger partial charge in [0.05, 0.1) is 0 Å². The van der Waals surface area contributed by atoms with Gasteiger partial charge in [-0.15, -0.1) is 0 Å². The van der Waals surface area contributed by atoms with Crippen molar-refractivity contribution in [3.63, 3.8) is 0 Å². The lowest BCUT2D eigenvalue weighted by Gasteiger charge is -2.30. The second kappa shape index (κ2) is 7.42. The third kappa shape index (κ3) is 3.47. The van der Waals surface area contributed by atoms with Gasteiger partial charge in [0.2, 0.25) is 17.6 Å². The SMILES string of the molecule is Cc1cc(-c2noc(CCC(=O)N3CCCc4c(N)cccc43)n2)ccc1F. The van der Waals surface area contributed by atoms with Gasteiger partial charge in [-0.05, 0) is 61.2 Å². The minimum absolute atomic E-state index is 0.00364. The highest BCUT2D eigenvalue weighted by molar-refractivity contribution is 5.95. The minimum atomic E-state index is -0.277. The van der Waals surface area contributed by atoms with Gasteiger partial charge in [-0.25, -0.2) is 4.39 Å². The van der Waals surface area contributed by atoms with Crippen LogP contribution in [0.1, 0.15) is 29.9 Å². The van der Waals surface area contributed by atoms with Crippen LogP contribution in [-0.4, -0.2) is 22.6 Å². The summed E-state index contributed by atoms with van der Waals surface area (Å²) in [4.78, 5) is 18.9. The molecule has 28 heavy (non-hydrogen) atoms. The molecule has 0 radical (unpaired) electrons. The topological polar surface area (TPSA) is 85.2 Å². The van der Waals surface area contributed by atoms with Gasteiger partial charge in [-0.1, -0.05) is 11.2 Å². The molecular weight excluding hydrogens is 359 g/mol. The number of aromatic nitrogens is 2. The number of nitrogen functional groups attached to an aromatic ring is 1. The monoisotopic (exact) mass is 380 g/mol. The molecule has 3 aromatic rings. The van der Waals surface area contributed by atoms with E-state index < -0.39 is 0 Å². The van der Waals surface area contributed by atoms with Crippen LogP contribution in [0.4, 0.5) is 15.8 Å². The molecule has 2 aromatic carbocycles. The van der Waals surface area contributed by atoms with Crippen molar-refractivity contribution in [2.45, 2.75) is 32.6 Å². The lowest BCUT2D eigenvalue weighted by Crippen LogP contribution is -2.35. The molecule has 0 fully saturated rings. The number of carbonyl (C=O) groups excluding carboxylic acids is 1. The van der Waals surface area contributed by atoms with Gasteiger partial charge in [0.15, 0.2) is 0 Å². The Morgan fingerprint density at radius 2 is 2.18 bits per heavy atom. The molecule has 6 nitrogen and oxygen atoms in total. The minimum Gasteiger partial charge on any atom is -0.398 e. The maximum atomic E-state index is 13.4. The van der Waals surface area contributed by atoms with Crippen LogP contribution in [0.5, 0.6) is 0 Å². The molecule has 1 aromatic heterocycles. The number of amides is 1. The zero-order valence-corrected chi connectivity index (χ0v) is 15.6. The largest absolute Gasteiger partial charge is 0.398 e. The first-order valence-corrected chi connectivity index (χ1v) is 9.30. The first-order chi connectivity index (χ1) is 13.5. The summed E-state index contributed by atoms with van der Waals surface area (Å²) in [6, 6.07) is 10.3. The van der Waals surface area contributed by atoms with Crippen molar-refractivity contribution in [3.8, 4) is 11.4 Å². The average molecular weight is 380 g/mol. The van der Waals surface area contributed by atoms with Crippen molar-refractivity contribution in [3.05, 3.63) is 59.2 Å². The molecule has 1 amide bonds. The summed E-state index contributed by atoms with van der Waals surface area (Å²) in [5.74, 6) is 0.501. The number of anilines is 2. The predicted octanol–water partition coefficient (Wildman–Crippen LogP) is 3.68. The number of rotatable bonds is 4. The van der Waals surface area contributed by atoms with E-state index in [4.69, 9.17) is 10.3 Å². The number of benzene rings is 2. The molecule has 0 bridgehead atoms. The van der Waals surface area contributed by atoms with Gasteiger partial charge in [-0.2, -0.15) is 4.98 Å². The summed E-state index contributed by atoms with van der Waals surface area (Å²) >= 11 is 0. The van der Waals surface area contributed by atoms with Gasteiger partial charge >= 0.3 is 0 Å². The van der Waals surface area contributed by atoms with Crippen LogP contribution in [0, 0.1) is 12.7 Å². The fourth-order valence-electron chi connectivity index (χ4n) is 3.52. The number of fused-ring (bicyclic) bond motifs is 1. The number of carbonyl (C=O) groups is 1. The highest BCUT2D eigenvalue weighted by Gasteiger charge is 2.24. The molecule has 144 valence electrons. The van der Waals surface area contributed by atoms with Gasteiger partial charge < -0.3 is 15.2 Å². The highest BCUT2D eigenvalue weighted by Crippen LogP contribution is 2.31. The first-order valence-electron chi connectivity index (χ1n) is 9.30. The number of nitrogens with two attached hydrogens (primary N) is 1. The van der Waals surface area contributed by atoms with Crippen LogP contribution in [0.25, 0.3) is 11.4 Å². The summed E-state index contributed by atoms with van der Waals surface area (Å²) < 4.78 is 18.7. The summed E-state index contributed by atoms with van der Waals surface area (Å²) in [6.45, 7) is 2.36. The molecule has 0 unspecified atom stereocenters. The van der Waals surface area contributed by atoms with E-state index in [9.17, 15) is 9.18 Å². The number of hydrogen-bond acceptors (Lipinski definition) is 5. The standard InChI is InChI=1S/C21H21FN4O2/c1-13-12-14(7-8-16(13)22)21-24-19(28-25-21)9-10-20(27)26-11-3-4-15-17(23)5-2-6-18(15)26/h2,5-8,12H,3-4,9-11,23H2,1H3. The zero-order chi connectivity index (χ0) is 19.7. The molecule has 2 N–H and O–H groups in total. The Hall–Kier alpha value is -3.22. The van der Waals surface area contributed by atoms with Crippen LogP contribution in [0.2, 0.25) is 0 Å². The van der Waals surface area contributed by atoms with Gasteiger partial charge in [-0.3, -0.25) is 4.79 Å². The normalized spacial score (nSPS) is 13.4. The summed E-state index contributed by atoms with van der Waals surface area (Å²) in [5.41, 5.74) is 9.91. The number of hydrogen-bond donors (Lipinski definition) is 1. The lowest BCUT2D eigenvalue weighted by molar-refractivity contribution is -0.118. The smallest absolute Gasteiger partial charge is 0.227 e. The Balaban J connectivity index is 1.45. The predicted molar refractivity (Wildman–Crippen MR) is 104 cm³/mol. The number of halogens is 1. The van der Waals surface area contributed by atoms with Crippen LogP contribution in [-0.2, 0) is 17.6 Å². The molecular formula is C21H21FN4O2. The quantitative estimate of drug-likeness (QED) is 0.698. The molecule has 0 saturated heterocycles. The molecule has 0 aliphatic carbocycles. The maximum absolute atomic E-state index is 13.4. The number of nitrogens with zero attached hydrogens (tertiary/aromatic N) is 3. The Labute approximate surface area is 162 Å². The molecule has 1 aliphatic heterocycles. The van der Waals surface area contributed by atoms with Gasteiger partial charge in [0, 0.05) is 36.3 Å². The van der Waals surface area contributed by atoms with E-state index in [1.807, 2.05) is 18.2 Å². The van der Waals surface area contributed by atoms with Gasteiger partial charge in [0.1, 0.15) is 5.82 Å².